The molecule has 0 amide bonds. The molecular formula is C38H70F2O6Si. The summed E-state index contributed by atoms with van der Waals surface area (Å²) >= 11 is 0. The summed E-state index contributed by atoms with van der Waals surface area (Å²) in [6.07, 6.45) is 14.0. The third-order valence-electron chi connectivity index (χ3n) is 10.5. The molecule has 1 saturated heterocycles. The fraction of sp³-hybridized carbons (Fsp3) is 0.921. The van der Waals surface area contributed by atoms with Gasteiger partial charge in [0.15, 0.2) is 14.6 Å². The zero-order valence-corrected chi connectivity index (χ0v) is 32.2. The highest BCUT2D eigenvalue weighted by Gasteiger charge is 2.49. The molecule has 0 spiro atoms. The van der Waals surface area contributed by atoms with Crippen LogP contribution >= 0.6 is 0 Å². The molecule has 276 valence electrons. The number of halogens is 2. The topological polar surface area (TPSA) is 74.2 Å². The second-order valence-corrected chi connectivity index (χ2v) is 20.7. The van der Waals surface area contributed by atoms with Crippen molar-refractivity contribution in [1.29, 1.82) is 0 Å². The molecule has 1 saturated carbocycles. The highest BCUT2D eigenvalue weighted by molar-refractivity contribution is 6.74. The van der Waals surface area contributed by atoms with Crippen LogP contribution in [0.25, 0.3) is 0 Å². The smallest absolute Gasteiger partial charge is 0.306 e. The number of alkyl halides is 2. The number of rotatable bonds is 22. The normalized spacial score (nSPS) is 25.1. The molecule has 1 aliphatic heterocycles. The van der Waals surface area contributed by atoms with E-state index in [0.29, 0.717) is 38.7 Å². The lowest BCUT2D eigenvalue weighted by atomic mass is 9.85. The maximum Gasteiger partial charge on any atom is 0.306 e. The average Bonchev–Trinajstić information content (AvgIpc) is 3.27. The largest absolute Gasteiger partial charge is 0.463 e. The van der Waals surface area contributed by atoms with Gasteiger partial charge in [0.25, 0.3) is 5.92 Å². The first-order chi connectivity index (χ1) is 22.1. The lowest BCUT2D eigenvalue weighted by Gasteiger charge is -2.42. The van der Waals surface area contributed by atoms with Crippen molar-refractivity contribution in [2.75, 3.05) is 6.61 Å². The molecule has 47 heavy (non-hydrogen) atoms. The number of carbonyl (C=O) groups excluding carboxylic acids is 1. The van der Waals surface area contributed by atoms with Gasteiger partial charge in [-0.15, -0.1) is 0 Å². The minimum absolute atomic E-state index is 0.0615. The molecule has 0 aromatic rings. The third kappa shape index (κ3) is 15.3. The van der Waals surface area contributed by atoms with Gasteiger partial charge in [0.05, 0.1) is 18.3 Å². The summed E-state index contributed by atoms with van der Waals surface area (Å²) in [7, 11) is -2.46. The Labute approximate surface area is 287 Å². The lowest BCUT2D eigenvalue weighted by Crippen LogP contribution is -2.49. The maximum atomic E-state index is 16.0. The van der Waals surface area contributed by atoms with Crippen LogP contribution in [0, 0.1) is 11.8 Å². The van der Waals surface area contributed by atoms with Crippen LogP contribution in [0.5, 0.6) is 0 Å². The molecule has 9 heteroatoms. The van der Waals surface area contributed by atoms with Crippen LogP contribution in [0.1, 0.15) is 151 Å². The molecule has 1 heterocycles. The predicted molar refractivity (Wildman–Crippen MR) is 189 cm³/mol. The molecule has 1 aliphatic carbocycles. The van der Waals surface area contributed by atoms with E-state index in [2.05, 4.69) is 52.9 Å². The van der Waals surface area contributed by atoms with Gasteiger partial charge in [-0.25, -0.2) is 8.78 Å². The fourth-order valence-electron chi connectivity index (χ4n) is 6.63. The molecule has 0 radical (unpaired) electrons. The average molecular weight is 689 g/mol. The van der Waals surface area contributed by atoms with E-state index in [1.807, 2.05) is 13.8 Å². The number of hydrogen-bond acceptors (Lipinski definition) is 6. The lowest BCUT2D eigenvalue weighted by molar-refractivity contribution is -0.197. The van der Waals surface area contributed by atoms with Crippen LogP contribution in [-0.2, 0) is 23.4 Å². The van der Waals surface area contributed by atoms with Crippen molar-refractivity contribution in [3.8, 4) is 0 Å². The molecule has 2 rings (SSSR count). The highest BCUT2D eigenvalue weighted by atomic mass is 28.4. The minimum atomic E-state index is -2.91. The summed E-state index contributed by atoms with van der Waals surface area (Å²) < 4.78 is 56.1. The molecule has 2 aliphatic rings. The van der Waals surface area contributed by atoms with Gasteiger partial charge in [-0.3, -0.25) is 4.79 Å². The van der Waals surface area contributed by atoms with E-state index in [-0.39, 0.29) is 54.2 Å². The monoisotopic (exact) mass is 688 g/mol. The summed E-state index contributed by atoms with van der Waals surface area (Å²) in [6.45, 7) is 16.9. The SMILES string of the molecule is CCCCCCC(F)(F)C(CC[C@@H]1[C@@H](C/C=C\CCCCCC(=O)OC(C)C)[C@@H](O)C[C@H]1OC1CCCCO1)O[Si](C)(C)C(C)(C)C. The first kappa shape index (κ1) is 42.3. The number of aliphatic hydroxyl groups excluding tert-OH is 1. The van der Waals surface area contributed by atoms with Crippen LogP contribution in [-0.4, -0.2) is 62.6 Å². The number of allylic oxidation sites excluding steroid dienone is 2. The van der Waals surface area contributed by atoms with Gasteiger partial charge in [-0.05, 0) is 108 Å². The summed E-state index contributed by atoms with van der Waals surface area (Å²) in [5.41, 5.74) is 0. The van der Waals surface area contributed by atoms with Gasteiger partial charge in [-0.2, -0.15) is 0 Å². The maximum absolute atomic E-state index is 16.0. The van der Waals surface area contributed by atoms with Crippen LogP contribution < -0.4 is 0 Å². The molecule has 0 aromatic heterocycles. The molecule has 6 atom stereocenters. The van der Waals surface area contributed by atoms with Crippen molar-refractivity contribution < 1.29 is 37.3 Å². The summed E-state index contributed by atoms with van der Waals surface area (Å²) in [5, 5.41) is 11.1. The zero-order chi connectivity index (χ0) is 35.1. The van der Waals surface area contributed by atoms with E-state index in [1.54, 1.807) is 0 Å². The summed E-state index contributed by atoms with van der Waals surface area (Å²) in [4.78, 5) is 11.8. The highest BCUT2D eigenvalue weighted by Crippen LogP contribution is 2.45. The Morgan fingerprint density at radius 3 is 2.38 bits per heavy atom. The van der Waals surface area contributed by atoms with E-state index in [4.69, 9.17) is 18.6 Å². The number of aliphatic hydroxyl groups is 1. The van der Waals surface area contributed by atoms with Crippen molar-refractivity contribution in [3.63, 3.8) is 0 Å². The molecule has 0 bridgehead atoms. The zero-order valence-electron chi connectivity index (χ0n) is 31.2. The Balaban J connectivity index is 2.11. The van der Waals surface area contributed by atoms with E-state index in [9.17, 15) is 9.90 Å². The van der Waals surface area contributed by atoms with Crippen LogP contribution in [0.15, 0.2) is 12.2 Å². The Bertz CT molecular complexity index is 899. The Morgan fingerprint density at radius 1 is 1.02 bits per heavy atom. The van der Waals surface area contributed by atoms with E-state index >= 15 is 8.78 Å². The van der Waals surface area contributed by atoms with Crippen LogP contribution in [0.2, 0.25) is 18.1 Å². The number of hydrogen-bond donors (Lipinski definition) is 1. The van der Waals surface area contributed by atoms with Gasteiger partial charge in [0.1, 0.15) is 6.10 Å². The Hall–Kier alpha value is -0.873. The molecule has 0 aromatic carbocycles. The number of carbonyl (C=O) groups is 1. The summed E-state index contributed by atoms with van der Waals surface area (Å²) in [5.74, 6) is -3.19. The van der Waals surface area contributed by atoms with Crippen molar-refractivity contribution >= 4 is 14.3 Å². The number of unbranched alkanes of at least 4 members (excludes halogenated alkanes) is 6. The predicted octanol–water partition coefficient (Wildman–Crippen LogP) is 10.5. The van der Waals surface area contributed by atoms with Gasteiger partial charge in [0, 0.05) is 25.9 Å². The molecule has 2 fully saturated rings. The Kier molecular flexibility index (Phi) is 18.6. The van der Waals surface area contributed by atoms with E-state index < -0.39 is 26.4 Å². The molecule has 6 nitrogen and oxygen atoms in total. The molecule has 2 unspecified atom stereocenters. The fourth-order valence-corrected chi connectivity index (χ4v) is 7.99. The van der Waals surface area contributed by atoms with Crippen molar-refractivity contribution in [3.05, 3.63) is 12.2 Å². The van der Waals surface area contributed by atoms with Crippen LogP contribution in [0.4, 0.5) is 8.78 Å². The second kappa shape index (κ2) is 20.7. The van der Waals surface area contributed by atoms with Crippen molar-refractivity contribution in [2.24, 2.45) is 11.8 Å². The van der Waals surface area contributed by atoms with E-state index in [0.717, 1.165) is 64.2 Å². The quantitative estimate of drug-likeness (QED) is 0.0528. The molecular weight excluding hydrogens is 618 g/mol. The van der Waals surface area contributed by atoms with Gasteiger partial charge < -0.3 is 23.7 Å². The molecule has 1 N–H and O–H groups in total. The van der Waals surface area contributed by atoms with Gasteiger partial charge in [-0.1, -0.05) is 65.5 Å². The minimum Gasteiger partial charge on any atom is -0.463 e. The Morgan fingerprint density at radius 2 is 1.74 bits per heavy atom. The van der Waals surface area contributed by atoms with Crippen LogP contribution in [0.3, 0.4) is 0 Å². The number of esters is 1. The van der Waals surface area contributed by atoms with Crippen molar-refractivity contribution in [1.82, 2.24) is 0 Å². The van der Waals surface area contributed by atoms with E-state index in [1.165, 1.54) is 0 Å². The van der Waals surface area contributed by atoms with Gasteiger partial charge >= 0.3 is 5.97 Å². The number of ether oxygens (including phenoxy) is 3. The standard InChI is InChI=1S/C38H70F2O6Si/c1-9-10-11-19-26-38(39,40)34(46-47(7,8)37(4,5)6)25-24-31-30(32(41)28-33(31)45-36-23-18-20-27-43-36)21-16-14-12-13-15-17-22-35(42)44-29(2)3/h14,16,29-34,36,41H,9-13,15,17-28H2,1-8H3/b16-14-/t30-,31-,32+,33-,34?,36?/m1/s1. The first-order valence-electron chi connectivity index (χ1n) is 18.9. The van der Waals surface area contributed by atoms with Gasteiger partial charge in [0.2, 0.25) is 0 Å². The summed E-state index contributed by atoms with van der Waals surface area (Å²) in [6, 6.07) is 0. The second-order valence-electron chi connectivity index (χ2n) is 16.0. The first-order valence-corrected chi connectivity index (χ1v) is 21.8. The third-order valence-corrected chi connectivity index (χ3v) is 15.0. The van der Waals surface area contributed by atoms with Crippen molar-refractivity contribution in [2.45, 2.75) is 205 Å².